The molecule has 0 saturated carbocycles. The number of rotatable bonds is 7. The van der Waals surface area contributed by atoms with Gasteiger partial charge in [0.1, 0.15) is 11.3 Å². The molecule has 2 aromatic rings. The number of nitrogens with zero attached hydrogens (tertiary/aromatic N) is 2. The van der Waals surface area contributed by atoms with Gasteiger partial charge in [-0.05, 0) is 37.6 Å². The average Bonchev–Trinajstić information content (AvgIpc) is 2.54. The highest BCUT2D eigenvalue weighted by Gasteiger charge is 2.36. The van der Waals surface area contributed by atoms with Crippen molar-refractivity contribution in [2.75, 3.05) is 18.5 Å². The van der Waals surface area contributed by atoms with Crippen LogP contribution in [0, 0.1) is 0 Å². The minimum absolute atomic E-state index is 0.0262. The zero-order valence-corrected chi connectivity index (χ0v) is 13.4. The van der Waals surface area contributed by atoms with Crippen molar-refractivity contribution in [2.24, 2.45) is 0 Å². The summed E-state index contributed by atoms with van der Waals surface area (Å²) in [5.74, 6) is 0.245. The molecule has 1 aromatic carbocycles. The van der Waals surface area contributed by atoms with Gasteiger partial charge in [0.05, 0.1) is 13.2 Å². The van der Waals surface area contributed by atoms with Gasteiger partial charge in [0.2, 0.25) is 11.8 Å². The Bertz CT molecular complexity index is 661. The Morgan fingerprint density at radius 2 is 1.79 bits per heavy atom. The lowest BCUT2D eigenvalue weighted by Crippen LogP contribution is -2.12. The second kappa shape index (κ2) is 7.85. The Kier molecular flexibility index (Phi) is 5.83. The molecule has 0 aliphatic carbocycles. The number of nitrogens with one attached hydrogen (secondary N) is 1. The van der Waals surface area contributed by atoms with E-state index in [1.165, 1.54) is 0 Å². The molecule has 0 bridgehead atoms. The number of hydrogen-bond acceptors (Lipinski definition) is 5. The molecule has 8 heteroatoms. The second-order valence-electron chi connectivity index (χ2n) is 4.84. The second-order valence-corrected chi connectivity index (χ2v) is 4.84. The van der Waals surface area contributed by atoms with E-state index in [0.29, 0.717) is 24.5 Å². The van der Waals surface area contributed by atoms with Crippen LogP contribution >= 0.6 is 0 Å². The molecule has 24 heavy (non-hydrogen) atoms. The number of benzene rings is 1. The molecule has 0 aliphatic rings. The first-order chi connectivity index (χ1) is 11.4. The molecule has 0 radical (unpaired) electrons. The third-order valence-corrected chi connectivity index (χ3v) is 2.92. The molecule has 0 saturated heterocycles. The largest absolute Gasteiger partial charge is 0.494 e. The Balaban J connectivity index is 2.20. The van der Waals surface area contributed by atoms with Crippen molar-refractivity contribution < 1.29 is 22.6 Å². The summed E-state index contributed by atoms with van der Waals surface area (Å²) < 4.78 is 49.3. The van der Waals surface area contributed by atoms with E-state index in [2.05, 4.69) is 15.3 Å². The van der Waals surface area contributed by atoms with Crippen molar-refractivity contribution in [3.63, 3.8) is 0 Å². The standard InChI is InChI=1S/C16H18F3N3O2/c1-3-9-24-14-13(16(17,18)19)10-20-15(22-14)21-11-5-7-12(8-6-11)23-4-2/h5-8,10H,3-4,9H2,1-2H3,(H,20,21,22). The summed E-state index contributed by atoms with van der Waals surface area (Å²) in [6.45, 7) is 4.36. The van der Waals surface area contributed by atoms with Gasteiger partial charge in [-0.1, -0.05) is 6.92 Å². The Labute approximate surface area is 137 Å². The molecule has 130 valence electrons. The lowest BCUT2D eigenvalue weighted by Gasteiger charge is -2.14. The molecular formula is C16H18F3N3O2. The number of halogens is 3. The summed E-state index contributed by atoms with van der Waals surface area (Å²) in [5, 5.41) is 2.84. The van der Waals surface area contributed by atoms with Crippen molar-refractivity contribution in [1.29, 1.82) is 0 Å². The van der Waals surface area contributed by atoms with Crippen LogP contribution in [0.2, 0.25) is 0 Å². The first kappa shape index (κ1) is 17.8. The molecule has 2 rings (SSSR count). The first-order valence-electron chi connectivity index (χ1n) is 7.51. The molecule has 1 aromatic heterocycles. The van der Waals surface area contributed by atoms with E-state index in [1.807, 2.05) is 6.92 Å². The first-order valence-corrected chi connectivity index (χ1v) is 7.51. The van der Waals surface area contributed by atoms with E-state index in [4.69, 9.17) is 9.47 Å². The zero-order valence-electron chi connectivity index (χ0n) is 13.4. The molecule has 0 aliphatic heterocycles. The number of ether oxygens (including phenoxy) is 2. The summed E-state index contributed by atoms with van der Waals surface area (Å²) in [6, 6.07) is 6.92. The summed E-state index contributed by atoms with van der Waals surface area (Å²) >= 11 is 0. The Morgan fingerprint density at radius 3 is 2.38 bits per heavy atom. The number of hydrogen-bond donors (Lipinski definition) is 1. The van der Waals surface area contributed by atoms with Crippen molar-refractivity contribution in [2.45, 2.75) is 26.4 Å². The molecular weight excluding hydrogens is 323 g/mol. The van der Waals surface area contributed by atoms with E-state index in [-0.39, 0.29) is 12.6 Å². The maximum absolute atomic E-state index is 13.0. The molecule has 0 unspecified atom stereocenters. The average molecular weight is 341 g/mol. The topological polar surface area (TPSA) is 56.3 Å². The number of aromatic nitrogens is 2. The fourth-order valence-corrected chi connectivity index (χ4v) is 1.86. The van der Waals surface area contributed by atoms with Crippen LogP contribution in [0.1, 0.15) is 25.8 Å². The SMILES string of the molecule is CCCOc1nc(Nc2ccc(OCC)cc2)ncc1C(F)(F)F. The van der Waals surface area contributed by atoms with E-state index in [1.54, 1.807) is 31.2 Å². The van der Waals surface area contributed by atoms with Crippen molar-refractivity contribution in [1.82, 2.24) is 9.97 Å². The third kappa shape index (κ3) is 4.74. The fourth-order valence-electron chi connectivity index (χ4n) is 1.86. The van der Waals surface area contributed by atoms with Crippen LogP contribution in [-0.2, 0) is 6.18 Å². The summed E-state index contributed by atoms with van der Waals surface area (Å²) in [7, 11) is 0. The van der Waals surface area contributed by atoms with Gasteiger partial charge in [-0.3, -0.25) is 0 Å². The fraction of sp³-hybridized carbons (Fsp3) is 0.375. The van der Waals surface area contributed by atoms with Gasteiger partial charge in [-0.2, -0.15) is 18.2 Å². The lowest BCUT2D eigenvalue weighted by atomic mass is 10.3. The van der Waals surface area contributed by atoms with Gasteiger partial charge in [0.25, 0.3) is 0 Å². The highest BCUT2D eigenvalue weighted by molar-refractivity contribution is 5.55. The monoisotopic (exact) mass is 341 g/mol. The molecule has 0 amide bonds. The minimum atomic E-state index is -4.57. The predicted octanol–water partition coefficient (Wildman–Crippen LogP) is 4.43. The predicted molar refractivity (Wildman–Crippen MR) is 83.7 cm³/mol. The molecule has 0 spiro atoms. The maximum atomic E-state index is 13.0. The van der Waals surface area contributed by atoms with E-state index in [0.717, 1.165) is 6.20 Å². The van der Waals surface area contributed by atoms with Crippen LogP contribution in [-0.4, -0.2) is 23.2 Å². The van der Waals surface area contributed by atoms with Crippen molar-refractivity contribution in [3.05, 3.63) is 36.0 Å². The quantitative estimate of drug-likeness (QED) is 0.807. The Morgan fingerprint density at radius 1 is 1.08 bits per heavy atom. The highest BCUT2D eigenvalue weighted by atomic mass is 19.4. The highest BCUT2D eigenvalue weighted by Crippen LogP contribution is 2.35. The number of anilines is 2. The lowest BCUT2D eigenvalue weighted by molar-refractivity contribution is -0.139. The van der Waals surface area contributed by atoms with Crippen molar-refractivity contribution in [3.8, 4) is 11.6 Å². The molecule has 5 nitrogen and oxygen atoms in total. The van der Waals surface area contributed by atoms with Crippen LogP contribution in [0.25, 0.3) is 0 Å². The van der Waals surface area contributed by atoms with Crippen molar-refractivity contribution >= 4 is 11.6 Å². The summed E-state index contributed by atoms with van der Waals surface area (Å²) in [5.41, 5.74) is -0.368. The summed E-state index contributed by atoms with van der Waals surface area (Å²) in [6.07, 6.45) is -3.28. The molecule has 0 fully saturated rings. The maximum Gasteiger partial charge on any atom is 0.423 e. The third-order valence-electron chi connectivity index (χ3n) is 2.92. The van der Waals surface area contributed by atoms with Crippen LogP contribution in [0.3, 0.4) is 0 Å². The minimum Gasteiger partial charge on any atom is -0.494 e. The molecule has 0 atom stereocenters. The van der Waals surface area contributed by atoms with E-state index in [9.17, 15) is 13.2 Å². The smallest absolute Gasteiger partial charge is 0.423 e. The van der Waals surface area contributed by atoms with E-state index >= 15 is 0 Å². The molecule has 1 N–H and O–H groups in total. The van der Waals surface area contributed by atoms with Gasteiger partial charge in [-0.15, -0.1) is 0 Å². The van der Waals surface area contributed by atoms with Gasteiger partial charge in [0.15, 0.2) is 0 Å². The number of alkyl halides is 3. The normalized spacial score (nSPS) is 11.2. The van der Waals surface area contributed by atoms with Gasteiger partial charge in [-0.25, -0.2) is 4.98 Å². The molecule has 1 heterocycles. The van der Waals surface area contributed by atoms with Crippen LogP contribution < -0.4 is 14.8 Å². The Hall–Kier alpha value is -2.51. The van der Waals surface area contributed by atoms with Gasteiger partial charge < -0.3 is 14.8 Å². The van der Waals surface area contributed by atoms with E-state index < -0.39 is 17.6 Å². The van der Waals surface area contributed by atoms with Crippen LogP contribution in [0.5, 0.6) is 11.6 Å². The zero-order chi connectivity index (χ0) is 17.6. The van der Waals surface area contributed by atoms with Gasteiger partial charge >= 0.3 is 6.18 Å². The summed E-state index contributed by atoms with van der Waals surface area (Å²) in [4.78, 5) is 7.55. The van der Waals surface area contributed by atoms with Gasteiger partial charge in [0, 0.05) is 11.9 Å². The van der Waals surface area contributed by atoms with Crippen LogP contribution in [0.4, 0.5) is 24.8 Å². The van der Waals surface area contributed by atoms with Crippen LogP contribution in [0.15, 0.2) is 30.5 Å².